The van der Waals surface area contributed by atoms with Gasteiger partial charge in [0.05, 0.1) is 11.5 Å². The topological polar surface area (TPSA) is 75.3 Å². The Morgan fingerprint density at radius 3 is 2.50 bits per heavy atom. The summed E-state index contributed by atoms with van der Waals surface area (Å²) in [6, 6.07) is 2.49. The van der Waals surface area contributed by atoms with Crippen LogP contribution in [0.4, 0.5) is 19.3 Å². The number of benzene rings is 1. The molecule has 0 saturated carbocycles. The number of rotatable bonds is 3. The number of carbonyl (C=O) groups is 1. The number of anilines is 1. The molecule has 1 fully saturated rings. The summed E-state index contributed by atoms with van der Waals surface area (Å²) in [6.45, 7) is 0.154. The number of carbonyl (C=O) groups excluding carboxylic acids is 1. The van der Waals surface area contributed by atoms with E-state index in [0.717, 1.165) is 12.1 Å². The van der Waals surface area contributed by atoms with E-state index in [9.17, 15) is 22.0 Å². The lowest BCUT2D eigenvalue weighted by Crippen LogP contribution is -2.34. The fourth-order valence-electron chi connectivity index (χ4n) is 2.04. The summed E-state index contributed by atoms with van der Waals surface area (Å²) in [4.78, 5) is 11.5. The normalized spacial score (nSPS) is 20.6. The summed E-state index contributed by atoms with van der Waals surface area (Å²) < 4.78 is 49.1. The first-order valence-corrected chi connectivity index (χ1v) is 7.89. The molecule has 1 atom stereocenters. The molecule has 0 bridgehead atoms. The van der Waals surface area contributed by atoms with Crippen molar-refractivity contribution in [2.45, 2.75) is 6.42 Å². The molecule has 5 nitrogen and oxygen atoms in total. The van der Waals surface area contributed by atoms with Crippen LogP contribution in [-0.2, 0) is 9.84 Å². The van der Waals surface area contributed by atoms with Gasteiger partial charge in [0.1, 0.15) is 17.3 Å². The molecule has 1 unspecified atom stereocenters. The molecule has 0 aliphatic carbocycles. The van der Waals surface area contributed by atoms with E-state index < -0.39 is 33.2 Å². The summed E-state index contributed by atoms with van der Waals surface area (Å²) in [5.41, 5.74) is -0.524. The molecule has 1 aliphatic rings. The Balaban J connectivity index is 1.87. The Bertz CT molecular complexity index is 599. The minimum atomic E-state index is -3.01. The molecular weight excluding hydrogens is 290 g/mol. The first-order valence-electron chi connectivity index (χ1n) is 6.07. The molecule has 0 radical (unpaired) electrons. The third-order valence-electron chi connectivity index (χ3n) is 3.08. The van der Waals surface area contributed by atoms with E-state index in [2.05, 4.69) is 10.6 Å². The van der Waals surface area contributed by atoms with Gasteiger partial charge in [-0.15, -0.1) is 0 Å². The lowest BCUT2D eigenvalue weighted by Gasteiger charge is -2.11. The highest BCUT2D eigenvalue weighted by atomic mass is 32.2. The molecule has 1 aromatic carbocycles. The molecule has 20 heavy (non-hydrogen) atoms. The Labute approximate surface area is 115 Å². The summed E-state index contributed by atoms with van der Waals surface area (Å²) in [6.07, 6.45) is 0.483. The van der Waals surface area contributed by atoms with Crippen LogP contribution in [0.1, 0.15) is 6.42 Å². The van der Waals surface area contributed by atoms with Gasteiger partial charge in [-0.2, -0.15) is 0 Å². The number of hydrogen-bond acceptors (Lipinski definition) is 3. The smallest absolute Gasteiger partial charge is 0.319 e. The molecule has 1 aromatic rings. The van der Waals surface area contributed by atoms with Gasteiger partial charge in [-0.1, -0.05) is 6.07 Å². The number of halogens is 2. The maximum Gasteiger partial charge on any atom is 0.319 e. The van der Waals surface area contributed by atoms with Crippen LogP contribution >= 0.6 is 0 Å². The van der Waals surface area contributed by atoms with Gasteiger partial charge in [0.2, 0.25) is 0 Å². The largest absolute Gasteiger partial charge is 0.338 e. The molecule has 1 heterocycles. The van der Waals surface area contributed by atoms with Crippen LogP contribution in [0.2, 0.25) is 0 Å². The van der Waals surface area contributed by atoms with Crippen LogP contribution < -0.4 is 10.6 Å². The molecule has 110 valence electrons. The predicted molar refractivity (Wildman–Crippen MR) is 70.1 cm³/mol. The zero-order valence-electron chi connectivity index (χ0n) is 10.5. The van der Waals surface area contributed by atoms with Crippen molar-refractivity contribution in [3.63, 3.8) is 0 Å². The van der Waals surface area contributed by atoms with Gasteiger partial charge in [0, 0.05) is 6.54 Å². The maximum atomic E-state index is 13.3. The van der Waals surface area contributed by atoms with Crippen LogP contribution in [0.15, 0.2) is 18.2 Å². The third-order valence-corrected chi connectivity index (χ3v) is 4.92. The van der Waals surface area contributed by atoms with E-state index >= 15 is 0 Å². The summed E-state index contributed by atoms with van der Waals surface area (Å²) in [7, 11) is -3.01. The summed E-state index contributed by atoms with van der Waals surface area (Å²) >= 11 is 0. The first kappa shape index (κ1) is 14.7. The first-order chi connectivity index (χ1) is 9.37. The molecule has 1 aliphatic heterocycles. The van der Waals surface area contributed by atoms with Gasteiger partial charge in [-0.05, 0) is 24.5 Å². The lowest BCUT2D eigenvalue weighted by atomic mass is 10.1. The molecule has 2 rings (SSSR count). The minimum Gasteiger partial charge on any atom is -0.338 e. The van der Waals surface area contributed by atoms with Gasteiger partial charge < -0.3 is 10.6 Å². The number of para-hydroxylation sites is 1. The van der Waals surface area contributed by atoms with Crippen LogP contribution in [0.3, 0.4) is 0 Å². The Hall–Kier alpha value is -1.70. The van der Waals surface area contributed by atoms with Crippen molar-refractivity contribution >= 4 is 21.6 Å². The van der Waals surface area contributed by atoms with Gasteiger partial charge in [-0.25, -0.2) is 22.0 Å². The Kier molecular flexibility index (Phi) is 4.22. The van der Waals surface area contributed by atoms with Crippen molar-refractivity contribution < 1.29 is 22.0 Å². The highest BCUT2D eigenvalue weighted by Crippen LogP contribution is 2.19. The quantitative estimate of drug-likeness (QED) is 0.889. The molecule has 1 saturated heterocycles. The molecule has 8 heteroatoms. The number of hydrogen-bond donors (Lipinski definition) is 2. The molecule has 2 N–H and O–H groups in total. The van der Waals surface area contributed by atoms with Gasteiger partial charge >= 0.3 is 6.03 Å². The van der Waals surface area contributed by atoms with Crippen LogP contribution in [0.25, 0.3) is 0 Å². The van der Waals surface area contributed by atoms with E-state index in [4.69, 9.17) is 0 Å². The molecule has 2 amide bonds. The SMILES string of the molecule is O=C(NCC1CCS(=O)(=O)C1)Nc1c(F)cccc1F. The van der Waals surface area contributed by atoms with E-state index in [0.29, 0.717) is 6.42 Å². The zero-order chi connectivity index (χ0) is 14.8. The van der Waals surface area contributed by atoms with Crippen LogP contribution in [0.5, 0.6) is 0 Å². The van der Waals surface area contributed by atoms with Crippen molar-refractivity contribution in [3.05, 3.63) is 29.8 Å². The lowest BCUT2D eigenvalue weighted by molar-refractivity contribution is 0.250. The molecule has 0 aromatic heterocycles. The van der Waals surface area contributed by atoms with Gasteiger partial charge in [-0.3, -0.25) is 0 Å². The summed E-state index contributed by atoms with van der Waals surface area (Å²) in [5, 5.41) is 4.49. The molecular formula is C12H14F2N2O3S. The van der Waals surface area contributed by atoms with Crippen molar-refractivity contribution in [1.82, 2.24) is 5.32 Å². The van der Waals surface area contributed by atoms with Crippen LogP contribution in [-0.4, -0.2) is 32.5 Å². The predicted octanol–water partition coefficient (Wildman–Crippen LogP) is 1.52. The van der Waals surface area contributed by atoms with E-state index in [1.165, 1.54) is 6.07 Å². The number of sulfone groups is 1. The molecule has 0 spiro atoms. The van der Waals surface area contributed by atoms with Crippen molar-refractivity contribution in [2.24, 2.45) is 5.92 Å². The highest BCUT2D eigenvalue weighted by Gasteiger charge is 2.28. The fraction of sp³-hybridized carbons (Fsp3) is 0.417. The van der Waals surface area contributed by atoms with Crippen molar-refractivity contribution in [2.75, 3.05) is 23.4 Å². The van der Waals surface area contributed by atoms with E-state index in [1.54, 1.807) is 0 Å². The van der Waals surface area contributed by atoms with Crippen LogP contribution in [0, 0.1) is 17.6 Å². The zero-order valence-corrected chi connectivity index (χ0v) is 11.3. The fourth-order valence-corrected chi connectivity index (χ4v) is 3.91. The van der Waals surface area contributed by atoms with E-state index in [-0.39, 0.29) is 24.0 Å². The number of urea groups is 1. The van der Waals surface area contributed by atoms with Crippen molar-refractivity contribution in [1.29, 1.82) is 0 Å². The monoisotopic (exact) mass is 304 g/mol. The van der Waals surface area contributed by atoms with Gasteiger partial charge in [0.15, 0.2) is 9.84 Å². The minimum absolute atomic E-state index is 0.0291. The van der Waals surface area contributed by atoms with Gasteiger partial charge in [0.25, 0.3) is 0 Å². The highest BCUT2D eigenvalue weighted by molar-refractivity contribution is 7.91. The van der Waals surface area contributed by atoms with E-state index in [1.807, 2.05) is 0 Å². The average molecular weight is 304 g/mol. The summed E-state index contributed by atoms with van der Waals surface area (Å²) in [5.74, 6) is -1.76. The second-order valence-corrected chi connectivity index (χ2v) is 6.93. The second-order valence-electron chi connectivity index (χ2n) is 4.70. The number of amides is 2. The number of nitrogens with one attached hydrogen (secondary N) is 2. The second kappa shape index (κ2) is 5.74. The maximum absolute atomic E-state index is 13.3. The standard InChI is InChI=1S/C12H14F2N2O3S/c13-9-2-1-3-10(14)11(9)16-12(17)15-6-8-4-5-20(18,19)7-8/h1-3,8H,4-7H2,(H2,15,16,17). The Morgan fingerprint density at radius 1 is 1.30 bits per heavy atom. The third kappa shape index (κ3) is 3.66. The van der Waals surface area contributed by atoms with Crippen molar-refractivity contribution in [3.8, 4) is 0 Å². The Morgan fingerprint density at radius 2 is 1.95 bits per heavy atom. The average Bonchev–Trinajstić information content (AvgIpc) is 2.71.